The quantitative estimate of drug-likeness (QED) is 0.900. The minimum Gasteiger partial charge on any atom is -0.333 e. The summed E-state index contributed by atoms with van der Waals surface area (Å²) in [6, 6.07) is 13.2. The van der Waals surface area contributed by atoms with Gasteiger partial charge in [-0.3, -0.25) is 4.79 Å². The lowest BCUT2D eigenvalue weighted by atomic mass is 10.1. The topological polar surface area (TPSA) is 61.4 Å². The van der Waals surface area contributed by atoms with Crippen LogP contribution < -0.4 is 15.5 Å². The molecular weight excluding hydrogens is 314 g/mol. The maximum absolute atomic E-state index is 12.3. The van der Waals surface area contributed by atoms with Crippen LogP contribution in [0.15, 0.2) is 42.5 Å². The standard InChI is InChI=1S/C20H23N3O2/c1-13-7-9-17(10-8-13)23-12-16(11-19(23)24)21-20(25)22-18-6-4-5-14(2)15(18)3/h4-10,16H,11-12H2,1-3H3,(H2,21,22,25)/t16-/m1/s1. The van der Waals surface area contributed by atoms with Gasteiger partial charge in [-0.15, -0.1) is 0 Å². The van der Waals surface area contributed by atoms with Crippen LogP contribution >= 0.6 is 0 Å². The first-order valence-corrected chi connectivity index (χ1v) is 8.45. The molecule has 1 aliphatic rings. The number of nitrogens with one attached hydrogen (secondary N) is 2. The Labute approximate surface area is 148 Å². The molecule has 5 heteroatoms. The summed E-state index contributed by atoms with van der Waals surface area (Å²) in [6.07, 6.45) is 0.314. The zero-order valence-corrected chi connectivity index (χ0v) is 14.8. The molecule has 0 radical (unpaired) electrons. The molecule has 3 rings (SSSR count). The molecule has 0 aromatic heterocycles. The number of anilines is 2. The van der Waals surface area contributed by atoms with Crippen LogP contribution in [0.2, 0.25) is 0 Å². The van der Waals surface area contributed by atoms with Crippen molar-refractivity contribution in [1.82, 2.24) is 5.32 Å². The average Bonchev–Trinajstić information content (AvgIpc) is 2.93. The number of rotatable bonds is 3. The summed E-state index contributed by atoms with van der Waals surface area (Å²) in [6.45, 7) is 6.48. The molecule has 3 amide bonds. The minimum absolute atomic E-state index is 0.0286. The first-order chi connectivity index (χ1) is 11.9. The summed E-state index contributed by atoms with van der Waals surface area (Å²) in [5.41, 5.74) is 4.98. The molecule has 2 aromatic carbocycles. The highest BCUT2D eigenvalue weighted by atomic mass is 16.2. The van der Waals surface area contributed by atoms with Crippen LogP contribution in [0.1, 0.15) is 23.1 Å². The third kappa shape index (κ3) is 3.82. The van der Waals surface area contributed by atoms with Gasteiger partial charge in [0.2, 0.25) is 5.91 Å². The predicted molar refractivity (Wildman–Crippen MR) is 100 cm³/mol. The van der Waals surface area contributed by atoms with E-state index in [1.807, 2.05) is 63.2 Å². The second-order valence-electron chi connectivity index (χ2n) is 6.59. The van der Waals surface area contributed by atoms with Gasteiger partial charge in [-0.2, -0.15) is 0 Å². The summed E-state index contributed by atoms with van der Waals surface area (Å²) in [5, 5.41) is 5.78. The van der Waals surface area contributed by atoms with Gasteiger partial charge in [-0.1, -0.05) is 29.8 Å². The molecule has 1 saturated heterocycles. The second-order valence-corrected chi connectivity index (χ2v) is 6.59. The zero-order valence-electron chi connectivity index (χ0n) is 14.8. The largest absolute Gasteiger partial charge is 0.333 e. The molecule has 130 valence electrons. The highest BCUT2D eigenvalue weighted by Crippen LogP contribution is 2.22. The number of benzene rings is 2. The van der Waals surface area contributed by atoms with Gasteiger partial charge in [0.15, 0.2) is 0 Å². The van der Waals surface area contributed by atoms with Crippen LogP contribution in [0.25, 0.3) is 0 Å². The Morgan fingerprint density at radius 2 is 1.80 bits per heavy atom. The fourth-order valence-electron chi connectivity index (χ4n) is 3.01. The molecule has 2 aromatic rings. The molecule has 0 aliphatic carbocycles. The normalized spacial score (nSPS) is 16.8. The number of hydrogen-bond acceptors (Lipinski definition) is 2. The summed E-state index contributed by atoms with van der Waals surface area (Å²) in [4.78, 5) is 26.3. The van der Waals surface area contributed by atoms with Gasteiger partial charge in [0.25, 0.3) is 0 Å². The van der Waals surface area contributed by atoms with Crippen molar-refractivity contribution in [1.29, 1.82) is 0 Å². The van der Waals surface area contributed by atoms with Gasteiger partial charge < -0.3 is 15.5 Å². The van der Waals surface area contributed by atoms with Gasteiger partial charge in [0.05, 0.1) is 6.04 Å². The van der Waals surface area contributed by atoms with Gasteiger partial charge in [0, 0.05) is 24.3 Å². The van der Waals surface area contributed by atoms with Crippen molar-refractivity contribution >= 4 is 23.3 Å². The van der Waals surface area contributed by atoms with Crippen molar-refractivity contribution in [3.63, 3.8) is 0 Å². The summed E-state index contributed by atoms with van der Waals surface area (Å²) >= 11 is 0. The molecule has 1 atom stereocenters. The van der Waals surface area contributed by atoms with Gasteiger partial charge in [-0.25, -0.2) is 4.79 Å². The molecule has 5 nitrogen and oxygen atoms in total. The van der Waals surface area contributed by atoms with Crippen LogP contribution in [-0.4, -0.2) is 24.5 Å². The molecule has 1 aliphatic heterocycles. The van der Waals surface area contributed by atoms with Crippen LogP contribution in [0, 0.1) is 20.8 Å². The fraction of sp³-hybridized carbons (Fsp3) is 0.300. The number of amides is 3. The smallest absolute Gasteiger partial charge is 0.319 e. The number of urea groups is 1. The van der Waals surface area contributed by atoms with E-state index in [0.717, 1.165) is 28.1 Å². The number of carbonyl (C=O) groups is 2. The van der Waals surface area contributed by atoms with Crippen molar-refractivity contribution in [2.75, 3.05) is 16.8 Å². The van der Waals surface area contributed by atoms with Gasteiger partial charge in [0.1, 0.15) is 0 Å². The lowest BCUT2D eigenvalue weighted by molar-refractivity contribution is -0.117. The van der Waals surface area contributed by atoms with E-state index in [2.05, 4.69) is 10.6 Å². The Morgan fingerprint density at radius 3 is 2.52 bits per heavy atom. The third-order valence-electron chi connectivity index (χ3n) is 4.66. The van der Waals surface area contributed by atoms with Crippen molar-refractivity contribution in [3.8, 4) is 0 Å². The Kier molecular flexibility index (Phi) is 4.74. The second kappa shape index (κ2) is 6.97. The molecule has 1 fully saturated rings. The number of nitrogens with zero attached hydrogens (tertiary/aromatic N) is 1. The predicted octanol–water partition coefficient (Wildman–Crippen LogP) is 3.54. The van der Waals surface area contributed by atoms with E-state index in [0.29, 0.717) is 13.0 Å². The monoisotopic (exact) mass is 337 g/mol. The molecule has 1 heterocycles. The number of carbonyl (C=O) groups excluding carboxylic acids is 2. The van der Waals surface area contributed by atoms with E-state index in [-0.39, 0.29) is 18.0 Å². The highest BCUT2D eigenvalue weighted by Gasteiger charge is 2.31. The van der Waals surface area contributed by atoms with E-state index >= 15 is 0 Å². The first kappa shape index (κ1) is 17.0. The third-order valence-corrected chi connectivity index (χ3v) is 4.66. The van der Waals surface area contributed by atoms with E-state index < -0.39 is 0 Å². The first-order valence-electron chi connectivity index (χ1n) is 8.45. The van der Waals surface area contributed by atoms with E-state index in [1.165, 1.54) is 0 Å². The Morgan fingerprint density at radius 1 is 1.08 bits per heavy atom. The van der Waals surface area contributed by atoms with Crippen LogP contribution in [0.3, 0.4) is 0 Å². The van der Waals surface area contributed by atoms with Gasteiger partial charge >= 0.3 is 6.03 Å². The van der Waals surface area contributed by atoms with E-state index in [9.17, 15) is 9.59 Å². The lowest BCUT2D eigenvalue weighted by Gasteiger charge is -2.18. The van der Waals surface area contributed by atoms with E-state index in [1.54, 1.807) is 4.90 Å². The maximum Gasteiger partial charge on any atom is 0.319 e. The maximum atomic E-state index is 12.3. The molecule has 0 spiro atoms. The average molecular weight is 337 g/mol. The Bertz CT molecular complexity index is 799. The van der Waals surface area contributed by atoms with Crippen molar-refractivity contribution < 1.29 is 9.59 Å². The fourth-order valence-corrected chi connectivity index (χ4v) is 3.01. The molecule has 0 saturated carbocycles. The number of aryl methyl sites for hydroxylation is 2. The molecular formula is C20H23N3O2. The molecule has 25 heavy (non-hydrogen) atoms. The van der Waals surface area contributed by atoms with Gasteiger partial charge in [-0.05, 0) is 50.1 Å². The van der Waals surface area contributed by atoms with Crippen LogP contribution in [-0.2, 0) is 4.79 Å². The van der Waals surface area contributed by atoms with E-state index in [4.69, 9.17) is 0 Å². The van der Waals surface area contributed by atoms with Crippen molar-refractivity contribution in [3.05, 3.63) is 59.2 Å². The highest BCUT2D eigenvalue weighted by molar-refractivity contribution is 5.97. The summed E-state index contributed by atoms with van der Waals surface area (Å²) < 4.78 is 0. The Hall–Kier alpha value is -2.82. The van der Waals surface area contributed by atoms with Crippen molar-refractivity contribution in [2.45, 2.75) is 33.2 Å². The van der Waals surface area contributed by atoms with Crippen LogP contribution in [0.5, 0.6) is 0 Å². The molecule has 2 N–H and O–H groups in total. The summed E-state index contributed by atoms with van der Waals surface area (Å²) in [5.74, 6) is 0.0286. The minimum atomic E-state index is -0.280. The Balaban J connectivity index is 1.62. The number of hydrogen-bond donors (Lipinski definition) is 2. The SMILES string of the molecule is Cc1ccc(N2C[C@H](NC(=O)Nc3cccc(C)c3C)CC2=O)cc1. The molecule has 0 unspecified atom stereocenters. The zero-order chi connectivity index (χ0) is 18.0. The van der Waals surface area contributed by atoms with Crippen LogP contribution in [0.4, 0.5) is 16.2 Å². The van der Waals surface area contributed by atoms with Crippen molar-refractivity contribution in [2.24, 2.45) is 0 Å². The lowest BCUT2D eigenvalue weighted by Crippen LogP contribution is -2.39. The summed E-state index contributed by atoms with van der Waals surface area (Å²) in [7, 11) is 0. The molecule has 0 bridgehead atoms.